The van der Waals surface area contributed by atoms with Gasteiger partial charge >= 0.3 is 0 Å². The van der Waals surface area contributed by atoms with Crippen LogP contribution in [0, 0.1) is 0 Å². The monoisotopic (exact) mass is 323 g/mol. The highest BCUT2D eigenvalue weighted by Crippen LogP contribution is 2.33. The fraction of sp³-hybridized carbons (Fsp3) is 0.500. The van der Waals surface area contributed by atoms with Crippen molar-refractivity contribution in [2.24, 2.45) is 0 Å². The molecule has 0 atom stereocenters. The second-order valence-corrected chi connectivity index (χ2v) is 6.14. The predicted molar refractivity (Wildman–Crippen MR) is 83.9 cm³/mol. The van der Waals surface area contributed by atoms with E-state index in [0.717, 1.165) is 42.6 Å². The molecule has 0 fully saturated rings. The van der Waals surface area contributed by atoms with Gasteiger partial charge in [0.15, 0.2) is 0 Å². The molecule has 2 nitrogen and oxygen atoms in total. The Hall–Kier alpha value is -0.800. The van der Waals surface area contributed by atoms with Crippen LogP contribution in [0.4, 0.5) is 0 Å². The van der Waals surface area contributed by atoms with Gasteiger partial charge in [0.05, 0.1) is 6.61 Å². The van der Waals surface area contributed by atoms with Gasteiger partial charge < -0.3 is 10.1 Å². The van der Waals surface area contributed by atoms with Gasteiger partial charge in [-0.2, -0.15) is 0 Å². The molecule has 2 rings (SSSR count). The molecule has 0 saturated carbocycles. The first-order valence-electron chi connectivity index (χ1n) is 6.99. The highest BCUT2D eigenvalue weighted by atomic mass is 79.9. The first-order valence-corrected chi connectivity index (χ1v) is 7.78. The molecule has 1 aliphatic rings. The Morgan fingerprint density at radius 1 is 1.37 bits per heavy atom. The Bertz CT molecular complexity index is 454. The molecule has 1 aliphatic heterocycles. The van der Waals surface area contributed by atoms with Gasteiger partial charge in [0.2, 0.25) is 0 Å². The Kier molecular flexibility index (Phi) is 5.46. The Morgan fingerprint density at radius 3 is 3.00 bits per heavy atom. The number of nitrogens with one attached hydrogen (secondary N) is 1. The predicted octanol–water partition coefficient (Wildman–Crippen LogP) is 3.87. The third-order valence-electron chi connectivity index (χ3n) is 3.19. The van der Waals surface area contributed by atoms with Crippen molar-refractivity contribution in [3.8, 4) is 5.75 Å². The van der Waals surface area contributed by atoms with Gasteiger partial charge in [-0.25, -0.2) is 0 Å². The molecular formula is C16H22BrNO. The number of hydrogen-bond acceptors (Lipinski definition) is 2. The summed E-state index contributed by atoms with van der Waals surface area (Å²) >= 11 is 3.58. The van der Waals surface area contributed by atoms with E-state index in [1.807, 2.05) is 0 Å². The number of halogens is 1. The lowest BCUT2D eigenvalue weighted by Gasteiger charge is -2.07. The number of fused-ring (bicyclic) bond motifs is 1. The van der Waals surface area contributed by atoms with E-state index < -0.39 is 0 Å². The van der Waals surface area contributed by atoms with Crippen LogP contribution in [-0.4, -0.2) is 19.2 Å². The number of hydrogen-bond donors (Lipinski definition) is 1. The molecule has 104 valence electrons. The third kappa shape index (κ3) is 4.36. The highest BCUT2D eigenvalue weighted by molar-refractivity contribution is 9.10. The largest absolute Gasteiger partial charge is 0.493 e. The summed E-state index contributed by atoms with van der Waals surface area (Å²) in [6, 6.07) is 4.90. The van der Waals surface area contributed by atoms with E-state index >= 15 is 0 Å². The summed E-state index contributed by atoms with van der Waals surface area (Å²) in [5.41, 5.74) is 2.62. The molecule has 1 heterocycles. The maximum atomic E-state index is 5.73. The number of allylic oxidation sites excluding steroid dienone is 1. The summed E-state index contributed by atoms with van der Waals surface area (Å²) in [5, 5.41) is 3.41. The summed E-state index contributed by atoms with van der Waals surface area (Å²) in [7, 11) is 0. The Labute approximate surface area is 124 Å². The summed E-state index contributed by atoms with van der Waals surface area (Å²) in [4.78, 5) is 0. The minimum atomic E-state index is 0.565. The second kappa shape index (κ2) is 7.11. The molecule has 1 aromatic rings. The van der Waals surface area contributed by atoms with Crippen molar-refractivity contribution in [3.63, 3.8) is 0 Å². The van der Waals surface area contributed by atoms with Gasteiger partial charge in [-0.1, -0.05) is 41.9 Å². The van der Waals surface area contributed by atoms with Gasteiger partial charge in [0.25, 0.3) is 0 Å². The van der Waals surface area contributed by atoms with Crippen molar-refractivity contribution in [2.75, 3.05) is 13.2 Å². The fourth-order valence-electron chi connectivity index (χ4n) is 2.28. The normalized spacial score (nSPS) is 14.1. The lowest BCUT2D eigenvalue weighted by Crippen LogP contribution is -2.23. The summed E-state index contributed by atoms with van der Waals surface area (Å²) in [5.74, 6) is 1.10. The molecule has 0 amide bonds. The summed E-state index contributed by atoms with van der Waals surface area (Å²) in [6.07, 6.45) is 7.55. The molecule has 0 saturated heterocycles. The molecule has 0 aromatic heterocycles. The van der Waals surface area contributed by atoms with Crippen LogP contribution >= 0.6 is 15.9 Å². The Balaban J connectivity index is 1.88. The molecule has 0 radical (unpaired) electrons. The Morgan fingerprint density at radius 2 is 2.21 bits per heavy atom. The van der Waals surface area contributed by atoms with Crippen LogP contribution < -0.4 is 10.1 Å². The van der Waals surface area contributed by atoms with E-state index in [9.17, 15) is 0 Å². The fourth-order valence-corrected chi connectivity index (χ4v) is 2.83. The van der Waals surface area contributed by atoms with Gasteiger partial charge in [-0.3, -0.25) is 0 Å². The van der Waals surface area contributed by atoms with Crippen LogP contribution in [-0.2, 0) is 12.8 Å². The zero-order valence-electron chi connectivity index (χ0n) is 11.7. The molecule has 0 unspecified atom stereocenters. The molecular weight excluding hydrogens is 302 g/mol. The maximum absolute atomic E-state index is 5.73. The first kappa shape index (κ1) is 14.6. The first-order chi connectivity index (χ1) is 9.16. The van der Waals surface area contributed by atoms with Gasteiger partial charge in [-0.05, 0) is 42.6 Å². The van der Waals surface area contributed by atoms with E-state index in [1.54, 1.807) is 0 Å². The maximum Gasteiger partial charge on any atom is 0.126 e. The van der Waals surface area contributed by atoms with Crippen molar-refractivity contribution in [2.45, 2.75) is 39.2 Å². The van der Waals surface area contributed by atoms with E-state index in [0.29, 0.717) is 6.04 Å². The van der Waals surface area contributed by atoms with Crippen LogP contribution in [0.5, 0.6) is 5.75 Å². The minimum absolute atomic E-state index is 0.565. The van der Waals surface area contributed by atoms with Gasteiger partial charge in [0.1, 0.15) is 5.75 Å². The van der Waals surface area contributed by atoms with Crippen LogP contribution in [0.2, 0.25) is 0 Å². The molecule has 19 heavy (non-hydrogen) atoms. The standard InChI is InChI=1S/C16H22BrNO/c1-12(2)18-8-5-3-4-6-13-10-15(17)11-14-7-9-19-16(13)14/h3-4,10-12,18H,5-9H2,1-2H3/b4-3+. The quantitative estimate of drug-likeness (QED) is 0.633. The number of ether oxygens (including phenoxy) is 1. The van der Waals surface area contributed by atoms with E-state index in [4.69, 9.17) is 4.74 Å². The van der Waals surface area contributed by atoms with Crippen molar-refractivity contribution >= 4 is 15.9 Å². The van der Waals surface area contributed by atoms with Gasteiger partial charge in [-0.15, -0.1) is 0 Å². The molecule has 0 spiro atoms. The summed E-state index contributed by atoms with van der Waals surface area (Å²) in [6.45, 7) is 6.21. The van der Waals surface area contributed by atoms with E-state index in [1.165, 1.54) is 11.1 Å². The lowest BCUT2D eigenvalue weighted by atomic mass is 10.1. The van der Waals surface area contributed by atoms with E-state index in [-0.39, 0.29) is 0 Å². The van der Waals surface area contributed by atoms with Crippen LogP contribution in [0.15, 0.2) is 28.8 Å². The number of rotatable bonds is 6. The van der Waals surface area contributed by atoms with Crippen LogP contribution in [0.1, 0.15) is 31.4 Å². The average molecular weight is 324 g/mol. The van der Waals surface area contributed by atoms with Crippen molar-refractivity contribution in [1.29, 1.82) is 0 Å². The van der Waals surface area contributed by atoms with Crippen molar-refractivity contribution in [1.82, 2.24) is 5.32 Å². The second-order valence-electron chi connectivity index (χ2n) is 5.22. The minimum Gasteiger partial charge on any atom is -0.493 e. The molecule has 1 aromatic carbocycles. The number of benzene rings is 1. The SMILES string of the molecule is CC(C)NCC/C=C/Cc1cc(Br)cc2c1OCC2. The zero-order chi connectivity index (χ0) is 13.7. The van der Waals surface area contributed by atoms with Crippen molar-refractivity contribution in [3.05, 3.63) is 39.9 Å². The third-order valence-corrected chi connectivity index (χ3v) is 3.65. The summed E-state index contributed by atoms with van der Waals surface area (Å²) < 4.78 is 6.88. The molecule has 1 N–H and O–H groups in total. The molecule has 0 bridgehead atoms. The lowest BCUT2D eigenvalue weighted by molar-refractivity contribution is 0.354. The topological polar surface area (TPSA) is 21.3 Å². The van der Waals surface area contributed by atoms with Crippen LogP contribution in [0.25, 0.3) is 0 Å². The van der Waals surface area contributed by atoms with Crippen LogP contribution in [0.3, 0.4) is 0 Å². The van der Waals surface area contributed by atoms with Gasteiger partial charge in [0, 0.05) is 16.9 Å². The van der Waals surface area contributed by atoms with E-state index in [2.05, 4.69) is 59.4 Å². The average Bonchev–Trinajstić information content (AvgIpc) is 2.80. The molecule has 3 heteroatoms. The molecule has 0 aliphatic carbocycles. The smallest absolute Gasteiger partial charge is 0.126 e. The van der Waals surface area contributed by atoms with Crippen molar-refractivity contribution < 1.29 is 4.74 Å². The zero-order valence-corrected chi connectivity index (χ0v) is 13.3. The highest BCUT2D eigenvalue weighted by Gasteiger charge is 2.16.